The average Bonchev–Trinajstić information content (AvgIpc) is 3.32. The van der Waals surface area contributed by atoms with Crippen LogP contribution in [0.1, 0.15) is 107 Å². The molecule has 0 radical (unpaired) electrons. The first-order chi connectivity index (χ1) is 32.7. The molecule has 5 aliphatic carbocycles. The van der Waals surface area contributed by atoms with Gasteiger partial charge >= 0.3 is 11.9 Å². The molecule has 400 valence electrons. The molecule has 0 amide bonds. The second kappa shape index (κ2) is 19.3. The smallest absolute Gasteiger partial charge is 0.337 e. The number of fused-ring (bicyclic) bond motifs is 7. The van der Waals surface area contributed by atoms with Crippen LogP contribution in [0.3, 0.4) is 0 Å². The van der Waals surface area contributed by atoms with E-state index in [1.165, 1.54) is 19.4 Å². The summed E-state index contributed by atoms with van der Waals surface area (Å²) in [7, 11) is 1.09. The molecule has 26 atom stereocenters. The van der Waals surface area contributed by atoms with E-state index in [2.05, 4.69) is 33.8 Å². The molecule has 3 heterocycles. The van der Waals surface area contributed by atoms with Crippen molar-refractivity contribution < 1.29 is 98.5 Å². The molecule has 8 aliphatic rings. The molecule has 3 aliphatic heterocycles. The van der Waals surface area contributed by atoms with Crippen molar-refractivity contribution >= 4 is 11.9 Å². The van der Waals surface area contributed by atoms with Gasteiger partial charge in [0.2, 0.25) is 0 Å². The van der Waals surface area contributed by atoms with Gasteiger partial charge in [-0.3, -0.25) is 4.79 Å². The average molecular weight is 1000 g/mol. The van der Waals surface area contributed by atoms with E-state index in [0.717, 1.165) is 26.4 Å². The first-order valence-electron chi connectivity index (χ1n) is 25.2. The van der Waals surface area contributed by atoms with Gasteiger partial charge in [-0.2, -0.15) is 0 Å². The molecule has 0 spiro atoms. The van der Waals surface area contributed by atoms with E-state index >= 15 is 0 Å². The largest absolute Gasteiger partial charge is 0.467 e. The van der Waals surface area contributed by atoms with Gasteiger partial charge in [-0.25, -0.2) is 4.79 Å². The van der Waals surface area contributed by atoms with Gasteiger partial charge < -0.3 is 89.0 Å². The van der Waals surface area contributed by atoms with Crippen LogP contribution < -0.4 is 0 Å². The van der Waals surface area contributed by atoms with Crippen molar-refractivity contribution in [3.63, 3.8) is 0 Å². The monoisotopic (exact) mass is 1000 g/mol. The number of methoxy groups -OCH3 is 1. The molecule has 0 aromatic heterocycles. The quantitative estimate of drug-likeness (QED) is 0.0779. The summed E-state index contributed by atoms with van der Waals surface area (Å²) in [4.78, 5) is 25.6. The number of hydrogen-bond acceptors (Lipinski definition) is 20. The van der Waals surface area contributed by atoms with Gasteiger partial charge in [-0.1, -0.05) is 53.2 Å². The molecule has 8 rings (SSSR count). The molecule has 20 nitrogen and oxygen atoms in total. The third kappa shape index (κ3) is 8.34. The predicted octanol–water partition coefficient (Wildman–Crippen LogP) is -0.0539. The molecule has 10 N–H and O–H groups in total. The Morgan fingerprint density at radius 3 is 2.03 bits per heavy atom. The molecule has 20 heteroatoms. The maximum atomic E-state index is 13.1. The number of carbonyl (C=O) groups excluding carboxylic acids is 2. The first kappa shape index (κ1) is 54.3. The lowest BCUT2D eigenvalue weighted by Gasteiger charge is -2.72. The van der Waals surface area contributed by atoms with Gasteiger partial charge in [-0.15, -0.1) is 0 Å². The van der Waals surface area contributed by atoms with E-state index in [4.69, 9.17) is 37.9 Å². The number of ether oxygens (including phenoxy) is 8. The summed E-state index contributed by atoms with van der Waals surface area (Å²) in [6.07, 6.45) is -18.0. The van der Waals surface area contributed by atoms with E-state index < -0.39 is 139 Å². The molecule has 0 bridgehead atoms. The number of hydrogen-bond donors (Lipinski definition) is 10. The van der Waals surface area contributed by atoms with Crippen LogP contribution >= 0.6 is 0 Å². The van der Waals surface area contributed by atoms with Gasteiger partial charge in [0.15, 0.2) is 25.0 Å². The van der Waals surface area contributed by atoms with Crippen LogP contribution in [0.4, 0.5) is 0 Å². The van der Waals surface area contributed by atoms with Crippen LogP contribution in [-0.4, -0.2) is 194 Å². The highest BCUT2D eigenvalue weighted by molar-refractivity contribution is 5.75. The van der Waals surface area contributed by atoms with Gasteiger partial charge in [0.1, 0.15) is 61.0 Å². The van der Waals surface area contributed by atoms with Crippen LogP contribution in [0.2, 0.25) is 0 Å². The molecule has 0 aromatic rings. The number of rotatable bonds is 10. The maximum Gasteiger partial charge on any atom is 0.337 e. The van der Waals surface area contributed by atoms with Crippen molar-refractivity contribution in [1.29, 1.82) is 0 Å². The van der Waals surface area contributed by atoms with Crippen molar-refractivity contribution in [2.24, 2.45) is 50.2 Å². The molecule has 0 aromatic carbocycles. The molecule has 70 heavy (non-hydrogen) atoms. The summed E-state index contributed by atoms with van der Waals surface area (Å²) < 4.78 is 47.4. The van der Waals surface area contributed by atoms with Crippen LogP contribution in [0.25, 0.3) is 0 Å². The van der Waals surface area contributed by atoms with E-state index in [0.29, 0.717) is 32.1 Å². The summed E-state index contributed by atoms with van der Waals surface area (Å²) in [6, 6.07) is 0. The summed E-state index contributed by atoms with van der Waals surface area (Å²) in [5, 5.41) is 110. The lowest BCUT2D eigenvalue weighted by Crippen LogP contribution is -2.69. The number of esters is 2. The van der Waals surface area contributed by atoms with Crippen molar-refractivity contribution in [2.75, 3.05) is 26.9 Å². The maximum absolute atomic E-state index is 13.1. The standard InChI is InChI=1S/C50H80O20/c1-22-30(55)32(57)35(60)42(65-22)69-37-31(56)26(54)19-64-43(37)70-38-34(59)33(58)36(41(62)63-9)68-44(38)67-29-13-14-47(5)27(48(29,6)21-52)12-15-50(8)28(47)11-10-24-25-18-45(3,20-51)39(61)40(66-23(2)53)46(25,4)16-17-49(24,50)7/h10,22,25-40,42-44,51-52,54-61H,11-21H2,1-9H3/t22-,25-,26-,27+,28+,29-,30-,31-,32+,33-,34-,35+,36-,37+,38+,39-,40+,42-,43-,44+,45+,46+,47-,48+,49+,50+/m0/s1. The third-order valence-electron chi connectivity index (χ3n) is 20.0. The van der Waals surface area contributed by atoms with Crippen molar-refractivity contribution in [2.45, 2.75) is 211 Å². The second-order valence-corrected chi connectivity index (χ2v) is 23.7. The Labute approximate surface area is 409 Å². The number of aliphatic hydroxyl groups excluding tert-OH is 10. The van der Waals surface area contributed by atoms with Gasteiger partial charge in [0.25, 0.3) is 0 Å². The Balaban J connectivity index is 1.08. The van der Waals surface area contributed by atoms with Crippen LogP contribution in [0, 0.1) is 50.2 Å². The minimum atomic E-state index is -1.92. The highest BCUT2D eigenvalue weighted by atomic mass is 16.8. The molecule has 7 fully saturated rings. The Morgan fingerprint density at radius 2 is 1.39 bits per heavy atom. The third-order valence-corrected chi connectivity index (χ3v) is 20.0. The van der Waals surface area contributed by atoms with E-state index in [-0.39, 0.29) is 47.2 Å². The van der Waals surface area contributed by atoms with Gasteiger partial charge in [0, 0.05) is 23.2 Å². The molecular weight excluding hydrogens is 921 g/mol. The Bertz CT molecular complexity index is 1960. The van der Waals surface area contributed by atoms with Crippen LogP contribution in [0.5, 0.6) is 0 Å². The minimum Gasteiger partial charge on any atom is -0.467 e. The summed E-state index contributed by atoms with van der Waals surface area (Å²) in [5.74, 6) is -1.51. The lowest BCUT2D eigenvalue weighted by molar-refractivity contribution is -0.387. The lowest BCUT2D eigenvalue weighted by atomic mass is 9.33. The zero-order valence-electron chi connectivity index (χ0n) is 42.0. The molecule has 0 unspecified atom stereocenters. The first-order valence-corrected chi connectivity index (χ1v) is 25.2. The van der Waals surface area contributed by atoms with E-state index in [1.807, 2.05) is 13.8 Å². The van der Waals surface area contributed by atoms with Crippen molar-refractivity contribution in [3.05, 3.63) is 11.6 Å². The zero-order valence-corrected chi connectivity index (χ0v) is 42.0. The number of carbonyl (C=O) groups is 2. The summed E-state index contributed by atoms with van der Waals surface area (Å²) >= 11 is 0. The minimum absolute atomic E-state index is 0.0633. The Morgan fingerprint density at radius 1 is 0.714 bits per heavy atom. The summed E-state index contributed by atoms with van der Waals surface area (Å²) in [5.41, 5.74) is -1.95. The molecule has 3 saturated heterocycles. The fourth-order valence-electron chi connectivity index (χ4n) is 15.3. The van der Waals surface area contributed by atoms with E-state index in [1.54, 1.807) is 0 Å². The van der Waals surface area contributed by atoms with Crippen LogP contribution in [0.15, 0.2) is 11.6 Å². The SMILES string of the molecule is COC(=O)[C@H]1O[C@@H](O[C@H]2CC[C@@]3(C)[C@@H](CC[C@]4(C)[C@@H]3CC=C3[C@@H]5C[C@](C)(CO)[C@@H](O)[C@@H](OC(C)=O)[C@]5(C)CC[C@]34C)[C@@]2(C)CO)[C@H](O[C@@H]2OC[C@H](O)[C@H](O)[C@H]2O[C@@H]2O[C@@H](C)[C@H](O)[C@@H](O)[C@H]2O)[C@@H](O)[C@@H]1O. The fraction of sp³-hybridized carbons (Fsp3) is 0.920. The highest BCUT2D eigenvalue weighted by Gasteiger charge is 2.71. The van der Waals surface area contributed by atoms with Crippen LogP contribution in [-0.2, 0) is 47.5 Å². The highest BCUT2D eigenvalue weighted by Crippen LogP contribution is 2.76. The topological polar surface area (TPSA) is 310 Å². The molecule has 4 saturated carbocycles. The number of allylic oxidation sites excluding steroid dienone is 2. The zero-order chi connectivity index (χ0) is 51.4. The fourth-order valence-corrected chi connectivity index (χ4v) is 15.3. The molecular formula is C50H80O20. The normalized spacial score (nSPS) is 54.6. The summed E-state index contributed by atoms with van der Waals surface area (Å²) in [6.45, 7) is 14.7. The van der Waals surface area contributed by atoms with Crippen molar-refractivity contribution in [1.82, 2.24) is 0 Å². The number of aliphatic hydroxyl groups is 10. The van der Waals surface area contributed by atoms with Gasteiger partial charge in [0.05, 0.1) is 45.2 Å². The van der Waals surface area contributed by atoms with E-state index in [9.17, 15) is 60.7 Å². The Hall–Kier alpha value is -1.96. The predicted molar refractivity (Wildman–Crippen MR) is 241 cm³/mol. The van der Waals surface area contributed by atoms with Crippen molar-refractivity contribution in [3.8, 4) is 0 Å². The van der Waals surface area contributed by atoms with Gasteiger partial charge in [-0.05, 0) is 92.3 Å². The Kier molecular flexibility index (Phi) is 15.0. The second-order valence-electron chi connectivity index (χ2n) is 23.7.